The second-order valence-electron chi connectivity index (χ2n) is 1.87. The number of hydrogen-bond acceptors (Lipinski definition) is 5. The first kappa shape index (κ1) is 6.53. The minimum atomic E-state index is 0.615. The number of nitrogens with zero attached hydrogens (tertiary/aromatic N) is 4. The first-order chi connectivity index (χ1) is 5.40. The summed E-state index contributed by atoms with van der Waals surface area (Å²) in [6, 6.07) is 0. The van der Waals surface area contributed by atoms with Crippen LogP contribution in [0.1, 0.15) is 0 Å². The van der Waals surface area contributed by atoms with Crippen molar-refractivity contribution in [3.8, 4) is 0 Å². The minimum Gasteiger partial charge on any atom is -0.326 e. The van der Waals surface area contributed by atoms with Gasteiger partial charge in [-0.3, -0.25) is 0 Å². The minimum absolute atomic E-state index is 0.615. The average molecular weight is 167 g/mol. The van der Waals surface area contributed by atoms with E-state index in [-0.39, 0.29) is 0 Å². The topological polar surface area (TPSA) is 67.3 Å². The summed E-state index contributed by atoms with van der Waals surface area (Å²) < 4.78 is 0. The van der Waals surface area contributed by atoms with Gasteiger partial charge in [-0.05, 0) is 6.26 Å². The van der Waals surface area contributed by atoms with Crippen molar-refractivity contribution in [1.29, 1.82) is 0 Å². The summed E-state index contributed by atoms with van der Waals surface area (Å²) >= 11 is 1.45. The molecular weight excluding hydrogens is 162 g/mol. The number of nitrogens with one attached hydrogen (secondary N) is 1. The fraction of sp³-hybridized carbons (Fsp3) is 0.200. The highest BCUT2D eigenvalue weighted by Gasteiger charge is 2.00. The zero-order chi connectivity index (χ0) is 7.68. The molecule has 0 aromatic carbocycles. The maximum atomic E-state index is 4.10. The van der Waals surface area contributed by atoms with Crippen LogP contribution in [0.4, 0.5) is 0 Å². The lowest BCUT2D eigenvalue weighted by atomic mass is 10.7. The van der Waals surface area contributed by atoms with Gasteiger partial charge in [0.1, 0.15) is 0 Å². The molecule has 0 aliphatic heterocycles. The van der Waals surface area contributed by atoms with E-state index in [2.05, 4.69) is 25.1 Å². The molecule has 0 saturated carbocycles. The van der Waals surface area contributed by atoms with Crippen molar-refractivity contribution in [2.24, 2.45) is 0 Å². The van der Waals surface area contributed by atoms with Crippen molar-refractivity contribution >= 4 is 23.1 Å². The number of thioether (sulfide) groups is 1. The van der Waals surface area contributed by atoms with E-state index in [1.807, 2.05) is 6.26 Å². The van der Waals surface area contributed by atoms with Gasteiger partial charge in [0.2, 0.25) is 10.8 Å². The van der Waals surface area contributed by atoms with Crippen molar-refractivity contribution in [2.75, 3.05) is 6.26 Å². The van der Waals surface area contributed by atoms with Crippen LogP contribution in [0.15, 0.2) is 11.5 Å². The van der Waals surface area contributed by atoms with Gasteiger partial charge in [-0.15, -0.1) is 10.2 Å². The molecule has 0 bridgehead atoms. The summed E-state index contributed by atoms with van der Waals surface area (Å²) in [7, 11) is 0. The van der Waals surface area contributed by atoms with E-state index in [1.165, 1.54) is 11.8 Å². The number of fused-ring (bicyclic) bond motifs is 1. The van der Waals surface area contributed by atoms with Gasteiger partial charge >= 0.3 is 0 Å². The number of rotatable bonds is 1. The van der Waals surface area contributed by atoms with E-state index in [4.69, 9.17) is 0 Å². The molecule has 0 aliphatic rings. The second kappa shape index (κ2) is 2.46. The van der Waals surface area contributed by atoms with Crippen molar-refractivity contribution in [2.45, 2.75) is 5.16 Å². The summed E-state index contributed by atoms with van der Waals surface area (Å²) in [5.74, 6) is 0. The zero-order valence-corrected chi connectivity index (χ0v) is 6.59. The van der Waals surface area contributed by atoms with Crippen LogP contribution in [0.3, 0.4) is 0 Å². The van der Waals surface area contributed by atoms with E-state index < -0.39 is 0 Å². The highest BCUT2D eigenvalue weighted by atomic mass is 32.2. The van der Waals surface area contributed by atoms with Gasteiger partial charge in [0.15, 0.2) is 5.65 Å². The van der Waals surface area contributed by atoms with E-state index in [0.29, 0.717) is 16.5 Å². The van der Waals surface area contributed by atoms with Crippen LogP contribution in [-0.2, 0) is 0 Å². The number of aromatic nitrogens is 5. The Hall–Kier alpha value is -1.17. The van der Waals surface area contributed by atoms with Gasteiger partial charge in [-0.25, -0.2) is 4.98 Å². The molecule has 0 aliphatic carbocycles. The van der Waals surface area contributed by atoms with Gasteiger partial charge in [0, 0.05) is 0 Å². The Morgan fingerprint density at radius 3 is 3.18 bits per heavy atom. The lowest BCUT2D eigenvalue weighted by Crippen LogP contribution is -1.90. The predicted molar refractivity (Wildman–Crippen MR) is 41.3 cm³/mol. The third-order valence-electron chi connectivity index (χ3n) is 1.22. The summed E-state index contributed by atoms with van der Waals surface area (Å²) in [5, 5.41) is 8.33. The Kier molecular flexibility index (Phi) is 1.46. The Balaban J connectivity index is 2.67. The Morgan fingerprint density at radius 2 is 2.36 bits per heavy atom. The van der Waals surface area contributed by atoms with E-state index in [1.54, 1.807) is 6.33 Å². The summed E-state index contributed by atoms with van der Waals surface area (Å²) in [6.45, 7) is 0. The van der Waals surface area contributed by atoms with Crippen LogP contribution < -0.4 is 0 Å². The van der Waals surface area contributed by atoms with Gasteiger partial charge in [0.25, 0.3) is 0 Å². The number of imidazole rings is 1. The Morgan fingerprint density at radius 1 is 1.45 bits per heavy atom. The largest absolute Gasteiger partial charge is 0.326 e. The summed E-state index contributed by atoms with van der Waals surface area (Å²) in [6.07, 6.45) is 3.45. The fourth-order valence-corrected chi connectivity index (χ4v) is 1.03. The molecule has 0 spiro atoms. The lowest BCUT2D eigenvalue weighted by Gasteiger charge is -1.89. The molecule has 2 aromatic heterocycles. The van der Waals surface area contributed by atoms with Crippen molar-refractivity contribution in [3.05, 3.63) is 6.33 Å². The maximum absolute atomic E-state index is 4.10. The quantitative estimate of drug-likeness (QED) is 0.625. The van der Waals surface area contributed by atoms with Crippen molar-refractivity contribution in [1.82, 2.24) is 25.1 Å². The first-order valence-corrected chi connectivity index (χ1v) is 4.20. The molecule has 0 fully saturated rings. The molecule has 0 radical (unpaired) electrons. The molecule has 2 aromatic rings. The lowest BCUT2D eigenvalue weighted by molar-refractivity contribution is 0.874. The highest BCUT2D eigenvalue weighted by Crippen LogP contribution is 2.08. The molecule has 0 saturated heterocycles. The van der Waals surface area contributed by atoms with Crippen LogP contribution >= 0.6 is 11.8 Å². The van der Waals surface area contributed by atoms with Gasteiger partial charge < -0.3 is 4.98 Å². The normalized spacial score (nSPS) is 10.6. The first-order valence-electron chi connectivity index (χ1n) is 2.98. The van der Waals surface area contributed by atoms with E-state index in [0.717, 1.165) is 0 Å². The van der Waals surface area contributed by atoms with Crippen LogP contribution in [-0.4, -0.2) is 31.4 Å². The number of H-pyrrole nitrogens is 1. The number of aromatic amines is 1. The van der Waals surface area contributed by atoms with Gasteiger partial charge in [0.05, 0.1) is 6.33 Å². The van der Waals surface area contributed by atoms with Gasteiger partial charge in [-0.2, -0.15) is 4.98 Å². The van der Waals surface area contributed by atoms with Crippen LogP contribution in [0.2, 0.25) is 0 Å². The van der Waals surface area contributed by atoms with E-state index >= 15 is 0 Å². The molecule has 5 nitrogen and oxygen atoms in total. The zero-order valence-electron chi connectivity index (χ0n) is 5.77. The fourth-order valence-electron chi connectivity index (χ4n) is 0.728. The molecule has 1 N–H and O–H groups in total. The SMILES string of the molecule is CSc1nnc2[nH]cnc2n1. The van der Waals surface area contributed by atoms with E-state index in [9.17, 15) is 0 Å². The van der Waals surface area contributed by atoms with Gasteiger partial charge in [-0.1, -0.05) is 11.8 Å². The molecule has 0 unspecified atom stereocenters. The van der Waals surface area contributed by atoms with Crippen LogP contribution in [0, 0.1) is 0 Å². The molecule has 0 atom stereocenters. The molecule has 11 heavy (non-hydrogen) atoms. The molecular formula is C5H5N5S. The maximum Gasteiger partial charge on any atom is 0.210 e. The molecule has 2 rings (SSSR count). The summed E-state index contributed by atoms with van der Waals surface area (Å²) in [5.41, 5.74) is 1.24. The predicted octanol–water partition coefficient (Wildman–Crippen LogP) is 0.470. The van der Waals surface area contributed by atoms with Crippen LogP contribution in [0.5, 0.6) is 0 Å². The molecule has 6 heteroatoms. The van der Waals surface area contributed by atoms with Crippen LogP contribution in [0.25, 0.3) is 11.3 Å². The monoisotopic (exact) mass is 167 g/mol. The molecule has 0 amide bonds. The standard InChI is InChI=1S/C5H5N5S/c1-11-5-8-3-4(9-10-5)7-2-6-3/h2H,1H3,(H,6,7,8,9,10). The molecule has 2 heterocycles. The summed E-state index contributed by atoms with van der Waals surface area (Å²) in [4.78, 5) is 10.9. The second-order valence-corrected chi connectivity index (χ2v) is 2.65. The average Bonchev–Trinajstić information content (AvgIpc) is 2.50. The molecule has 56 valence electrons. The Labute approximate surface area is 66.7 Å². The van der Waals surface area contributed by atoms with Crippen molar-refractivity contribution < 1.29 is 0 Å². The third kappa shape index (κ3) is 1.05. The third-order valence-corrected chi connectivity index (χ3v) is 1.76. The Bertz CT molecular complexity index is 370. The number of hydrogen-bond donors (Lipinski definition) is 1. The highest BCUT2D eigenvalue weighted by molar-refractivity contribution is 7.98. The van der Waals surface area contributed by atoms with Crippen molar-refractivity contribution in [3.63, 3.8) is 0 Å². The smallest absolute Gasteiger partial charge is 0.210 e.